The number of hydrogen-bond donors (Lipinski definition) is 0. The second kappa shape index (κ2) is 13.7. The summed E-state index contributed by atoms with van der Waals surface area (Å²) in [6.45, 7) is 0. The van der Waals surface area contributed by atoms with Crippen LogP contribution < -0.4 is 4.90 Å². The second-order valence-electron chi connectivity index (χ2n) is 11.8. The van der Waals surface area contributed by atoms with E-state index < -0.39 is 6.04 Å². The minimum Gasteiger partial charge on any atom is -0.310 e. The van der Waals surface area contributed by atoms with Gasteiger partial charge in [-0.25, -0.2) is 0 Å². The van der Waals surface area contributed by atoms with E-state index in [1.54, 1.807) is 6.07 Å². The fourth-order valence-corrected chi connectivity index (χ4v) is 6.33. The van der Waals surface area contributed by atoms with Crippen molar-refractivity contribution in [1.82, 2.24) is 0 Å². The largest absolute Gasteiger partial charge is 0.310 e. The summed E-state index contributed by atoms with van der Waals surface area (Å²) in [5.74, 6) is 0. The molecule has 0 N–H and O–H groups in total. The van der Waals surface area contributed by atoms with E-state index in [2.05, 4.69) is 132 Å². The van der Waals surface area contributed by atoms with Gasteiger partial charge in [0.1, 0.15) is 0 Å². The number of rotatable bonds is 8. The minimum atomic E-state index is -0.407. The fourth-order valence-electron chi connectivity index (χ4n) is 6.33. The highest BCUT2D eigenvalue weighted by Gasteiger charge is 2.15. The predicted octanol–water partition coefficient (Wildman–Crippen LogP) is 13.5. The van der Waals surface area contributed by atoms with E-state index in [0.717, 1.165) is 56.0 Å². The maximum Gasteiger partial charge on any atom is 0.0629 e. The summed E-state index contributed by atoms with van der Waals surface area (Å²) in [7, 11) is 0. The molecule has 0 atom stereocenters. The van der Waals surface area contributed by atoms with Gasteiger partial charge < -0.3 is 4.90 Å². The van der Waals surface area contributed by atoms with E-state index in [0.29, 0.717) is 5.56 Å². The number of hydrogen-bond acceptors (Lipinski definition) is 1. The maximum absolute atomic E-state index is 8.64. The average molecular weight is 631 g/mol. The summed E-state index contributed by atoms with van der Waals surface area (Å²) in [5, 5.41) is 0. The molecule has 8 aromatic rings. The Hall–Kier alpha value is -6.44. The molecule has 0 spiro atoms. The van der Waals surface area contributed by atoms with Gasteiger partial charge in [0.25, 0.3) is 0 Å². The van der Waals surface area contributed by atoms with Crippen LogP contribution in [-0.4, -0.2) is 0 Å². The summed E-state index contributed by atoms with van der Waals surface area (Å²) < 4.78 is 41.9. The van der Waals surface area contributed by atoms with Crippen LogP contribution >= 0.6 is 0 Å². The minimum absolute atomic E-state index is 0.172. The van der Waals surface area contributed by atoms with Crippen LogP contribution in [0, 0.1) is 0 Å². The quantitative estimate of drug-likeness (QED) is 0.161. The number of anilines is 3. The lowest BCUT2D eigenvalue weighted by Gasteiger charge is -2.26. The molecule has 8 aromatic carbocycles. The Labute approximate surface area is 296 Å². The highest BCUT2D eigenvalue weighted by atomic mass is 15.1. The summed E-state index contributed by atoms with van der Waals surface area (Å²) in [6.07, 6.45) is 0. The van der Waals surface area contributed by atoms with E-state index in [1.807, 2.05) is 48.5 Å². The molecule has 0 amide bonds. The Morgan fingerprint density at radius 2 is 0.735 bits per heavy atom. The molecule has 1 nitrogen and oxygen atoms in total. The lowest BCUT2D eigenvalue weighted by molar-refractivity contribution is 1.28. The van der Waals surface area contributed by atoms with E-state index in [-0.39, 0.29) is 29.7 Å². The molecule has 0 aliphatic heterocycles. The van der Waals surface area contributed by atoms with E-state index >= 15 is 0 Å². The SMILES string of the molecule is [2H]c1c([2H])c([2H])c(-c2cccc(N(c3ccc(-c4ccccc4)cc3)c3ccc(-c4ccc(-c5ccccc5)c(-c5ccccc5)c4)cc3)c2)c([2H])c1[2H]. The zero-order valence-corrected chi connectivity index (χ0v) is 26.8. The highest BCUT2D eigenvalue weighted by Crippen LogP contribution is 2.40. The lowest BCUT2D eigenvalue weighted by Crippen LogP contribution is -2.10. The van der Waals surface area contributed by atoms with Crippen LogP contribution in [0.1, 0.15) is 6.85 Å². The van der Waals surface area contributed by atoms with Crippen molar-refractivity contribution in [2.24, 2.45) is 0 Å². The smallest absolute Gasteiger partial charge is 0.0629 e. The Kier molecular flexibility index (Phi) is 6.92. The highest BCUT2D eigenvalue weighted by molar-refractivity contribution is 5.88. The van der Waals surface area contributed by atoms with E-state index in [4.69, 9.17) is 6.85 Å². The molecule has 0 radical (unpaired) electrons. The first-order valence-electron chi connectivity index (χ1n) is 18.9. The zero-order valence-electron chi connectivity index (χ0n) is 31.8. The predicted molar refractivity (Wildman–Crippen MR) is 208 cm³/mol. The molecule has 1 heteroatoms. The van der Waals surface area contributed by atoms with Gasteiger partial charge in [0, 0.05) is 17.1 Å². The third-order valence-electron chi connectivity index (χ3n) is 8.77. The topological polar surface area (TPSA) is 3.24 Å². The fraction of sp³-hybridized carbons (Fsp3) is 0. The Morgan fingerprint density at radius 3 is 1.33 bits per heavy atom. The molecule has 0 bridgehead atoms. The van der Waals surface area contributed by atoms with Crippen LogP contribution in [0.25, 0.3) is 55.6 Å². The van der Waals surface area contributed by atoms with Crippen molar-refractivity contribution < 1.29 is 6.85 Å². The molecule has 0 heterocycles. The molecule has 232 valence electrons. The van der Waals surface area contributed by atoms with Gasteiger partial charge in [0.05, 0.1) is 6.85 Å². The summed E-state index contributed by atoms with van der Waals surface area (Å²) in [4.78, 5) is 2.13. The van der Waals surface area contributed by atoms with Gasteiger partial charge in [-0.1, -0.05) is 170 Å². The van der Waals surface area contributed by atoms with Gasteiger partial charge in [-0.15, -0.1) is 0 Å². The normalized spacial score (nSPS) is 12.3. The van der Waals surface area contributed by atoms with Crippen LogP contribution in [0.4, 0.5) is 17.1 Å². The molecule has 0 aliphatic carbocycles. The van der Waals surface area contributed by atoms with Crippen molar-refractivity contribution in [1.29, 1.82) is 0 Å². The molecule has 8 rings (SSSR count). The standard InChI is InChI=1S/C48H35N/c1-5-14-36(15-6-1)38-24-29-44(30-25-38)49(46-23-13-22-42(34-46)37-16-7-2-8-17-37)45-31-26-39(27-32-45)43-28-33-47(40-18-9-3-10-19-40)48(35-43)41-20-11-4-12-21-41/h1-35H/i2D,7D,8D,16D,17D. The molecule has 0 aromatic heterocycles. The second-order valence-corrected chi connectivity index (χ2v) is 11.8. The van der Waals surface area contributed by atoms with Crippen LogP contribution in [0.3, 0.4) is 0 Å². The molecule has 0 fully saturated rings. The Balaban J connectivity index is 1.22. The van der Waals surface area contributed by atoms with Gasteiger partial charge in [-0.05, 0) is 98.1 Å². The van der Waals surface area contributed by atoms with Crippen LogP contribution in [0.15, 0.2) is 212 Å². The van der Waals surface area contributed by atoms with Crippen molar-refractivity contribution in [3.63, 3.8) is 0 Å². The number of benzene rings is 8. The van der Waals surface area contributed by atoms with Gasteiger partial charge in [0.2, 0.25) is 0 Å². The molecule has 0 unspecified atom stereocenters. The van der Waals surface area contributed by atoms with Gasteiger partial charge >= 0.3 is 0 Å². The van der Waals surface area contributed by atoms with Crippen LogP contribution in [-0.2, 0) is 0 Å². The monoisotopic (exact) mass is 630 g/mol. The van der Waals surface area contributed by atoms with Crippen LogP contribution in [0.2, 0.25) is 0 Å². The molecule has 0 saturated carbocycles. The van der Waals surface area contributed by atoms with Crippen molar-refractivity contribution >= 4 is 17.1 Å². The van der Waals surface area contributed by atoms with Crippen molar-refractivity contribution in [2.45, 2.75) is 0 Å². The number of nitrogens with zero attached hydrogens (tertiary/aromatic N) is 1. The Morgan fingerprint density at radius 1 is 0.286 bits per heavy atom. The Bertz CT molecular complexity index is 2540. The van der Waals surface area contributed by atoms with Crippen molar-refractivity contribution in [2.75, 3.05) is 4.90 Å². The molecule has 49 heavy (non-hydrogen) atoms. The summed E-state index contributed by atoms with van der Waals surface area (Å²) >= 11 is 0. The third-order valence-corrected chi connectivity index (χ3v) is 8.77. The lowest BCUT2D eigenvalue weighted by atomic mass is 9.91. The van der Waals surface area contributed by atoms with Crippen molar-refractivity contribution in [3.8, 4) is 55.6 Å². The molecular weight excluding hydrogens is 591 g/mol. The first-order chi connectivity index (χ1) is 26.4. The summed E-state index contributed by atoms with van der Waals surface area (Å²) in [5.41, 5.74) is 12.4. The van der Waals surface area contributed by atoms with E-state index in [9.17, 15) is 0 Å². The van der Waals surface area contributed by atoms with Crippen LogP contribution in [0.5, 0.6) is 0 Å². The van der Waals surface area contributed by atoms with Crippen molar-refractivity contribution in [3.05, 3.63) is 212 Å². The summed E-state index contributed by atoms with van der Waals surface area (Å²) in [6, 6.07) is 60.6. The average Bonchev–Trinajstić information content (AvgIpc) is 3.24. The third kappa shape index (κ3) is 6.43. The molecule has 0 aliphatic rings. The first kappa shape index (κ1) is 24.7. The zero-order chi connectivity index (χ0) is 37.2. The van der Waals surface area contributed by atoms with Gasteiger partial charge in [-0.3, -0.25) is 0 Å². The molecule has 0 saturated heterocycles. The van der Waals surface area contributed by atoms with Gasteiger partial charge in [0.15, 0.2) is 0 Å². The maximum atomic E-state index is 8.64. The van der Waals surface area contributed by atoms with E-state index in [1.165, 1.54) is 5.56 Å². The first-order valence-corrected chi connectivity index (χ1v) is 16.4. The van der Waals surface area contributed by atoms with Gasteiger partial charge in [-0.2, -0.15) is 0 Å². The molecular formula is C48H35N.